The van der Waals surface area contributed by atoms with Gasteiger partial charge in [-0.1, -0.05) is 56.3 Å². The molecule has 0 aromatic heterocycles. The zero-order valence-corrected chi connectivity index (χ0v) is 20.8. The Bertz CT molecular complexity index is 1070. The third-order valence-electron chi connectivity index (χ3n) is 5.71. The zero-order valence-electron chi connectivity index (χ0n) is 20.8. The second-order valence-corrected chi connectivity index (χ2v) is 10.2. The van der Waals surface area contributed by atoms with Gasteiger partial charge in [-0.3, -0.25) is 14.5 Å². The third-order valence-corrected chi connectivity index (χ3v) is 5.71. The monoisotopic (exact) mass is 480 g/mol. The maximum Gasteiger partial charge on any atom is 0.407 e. The molecule has 35 heavy (non-hydrogen) atoms. The zero-order chi connectivity index (χ0) is 25.8. The molecule has 3 rings (SSSR count). The summed E-state index contributed by atoms with van der Waals surface area (Å²) >= 11 is 0. The lowest BCUT2D eigenvalue weighted by Gasteiger charge is -2.37. The summed E-state index contributed by atoms with van der Waals surface area (Å²) in [7, 11) is 0. The average Bonchev–Trinajstić information content (AvgIpc) is 3.02. The third kappa shape index (κ3) is 6.26. The van der Waals surface area contributed by atoms with E-state index in [0.717, 1.165) is 10.5 Å². The van der Waals surface area contributed by atoms with Crippen LogP contribution in [0.5, 0.6) is 0 Å². The van der Waals surface area contributed by atoms with E-state index in [0.29, 0.717) is 0 Å². The summed E-state index contributed by atoms with van der Waals surface area (Å²) in [6.45, 7) is 9.00. The Kier molecular flexibility index (Phi) is 7.63. The summed E-state index contributed by atoms with van der Waals surface area (Å²) in [6, 6.07) is 14.4. The second kappa shape index (κ2) is 10.3. The van der Waals surface area contributed by atoms with Crippen LogP contribution in [0.1, 0.15) is 67.3 Å². The Morgan fingerprint density at radius 3 is 1.97 bits per heavy atom. The lowest BCUT2D eigenvalue weighted by molar-refractivity contribution is -0.154. The molecular weight excluding hydrogens is 448 g/mol. The molecule has 0 fully saturated rings. The minimum atomic E-state index is -1.20. The van der Waals surface area contributed by atoms with Crippen LogP contribution in [-0.2, 0) is 20.9 Å². The minimum Gasteiger partial charge on any atom is -0.459 e. The molecule has 8 heteroatoms. The molecule has 1 heterocycles. The number of esters is 1. The topological polar surface area (TPSA) is 102 Å². The van der Waals surface area contributed by atoms with Crippen molar-refractivity contribution in [3.8, 4) is 0 Å². The predicted molar refractivity (Wildman–Crippen MR) is 130 cm³/mol. The number of carbonyl (C=O) groups is 4. The Morgan fingerprint density at radius 2 is 1.43 bits per heavy atom. The van der Waals surface area contributed by atoms with Gasteiger partial charge in [-0.05, 0) is 50.3 Å². The number of rotatable bonds is 8. The fourth-order valence-electron chi connectivity index (χ4n) is 3.96. The first-order chi connectivity index (χ1) is 16.4. The van der Waals surface area contributed by atoms with E-state index in [1.165, 1.54) is 0 Å². The molecule has 0 saturated heterocycles. The molecule has 3 amide bonds. The van der Waals surface area contributed by atoms with Crippen LogP contribution in [0.3, 0.4) is 0 Å². The van der Waals surface area contributed by atoms with Gasteiger partial charge < -0.3 is 14.8 Å². The fourth-order valence-corrected chi connectivity index (χ4v) is 3.96. The summed E-state index contributed by atoms with van der Waals surface area (Å²) in [4.78, 5) is 52.9. The van der Waals surface area contributed by atoms with Crippen LogP contribution >= 0.6 is 0 Å². The number of ether oxygens (including phenoxy) is 2. The largest absolute Gasteiger partial charge is 0.459 e. The first kappa shape index (κ1) is 25.9. The van der Waals surface area contributed by atoms with Gasteiger partial charge in [0.15, 0.2) is 0 Å². The lowest BCUT2D eigenvalue weighted by Crippen LogP contribution is -2.54. The van der Waals surface area contributed by atoms with Crippen molar-refractivity contribution in [2.24, 2.45) is 5.41 Å². The van der Waals surface area contributed by atoms with Gasteiger partial charge in [0.05, 0.1) is 11.1 Å². The Balaban J connectivity index is 1.82. The quantitative estimate of drug-likeness (QED) is 0.446. The van der Waals surface area contributed by atoms with Gasteiger partial charge in [0.25, 0.3) is 11.8 Å². The van der Waals surface area contributed by atoms with E-state index in [4.69, 9.17) is 9.47 Å². The van der Waals surface area contributed by atoms with Crippen LogP contribution in [0.2, 0.25) is 0 Å². The number of hydrogen-bond donors (Lipinski definition) is 1. The SMILES string of the molecule is CC(C)(C)OC(=O)NCCC(C)(C)[C@H](C(=O)OCc1ccccc1)N1C(=O)c2ccccc2C1=O. The first-order valence-electron chi connectivity index (χ1n) is 11.5. The van der Waals surface area contributed by atoms with Crippen LogP contribution < -0.4 is 5.32 Å². The van der Waals surface area contributed by atoms with E-state index >= 15 is 0 Å². The van der Waals surface area contributed by atoms with Gasteiger partial charge in [0, 0.05) is 6.54 Å². The van der Waals surface area contributed by atoms with Gasteiger partial charge in [0.2, 0.25) is 0 Å². The van der Waals surface area contributed by atoms with Crippen molar-refractivity contribution in [1.82, 2.24) is 10.2 Å². The number of imide groups is 1. The molecule has 1 atom stereocenters. The molecule has 0 unspecified atom stereocenters. The number of hydrogen-bond acceptors (Lipinski definition) is 6. The van der Waals surface area contributed by atoms with Crippen molar-refractivity contribution in [3.63, 3.8) is 0 Å². The van der Waals surface area contributed by atoms with Crippen LogP contribution in [0.15, 0.2) is 54.6 Å². The number of fused-ring (bicyclic) bond motifs is 1. The highest BCUT2D eigenvalue weighted by Crippen LogP contribution is 2.35. The summed E-state index contributed by atoms with van der Waals surface area (Å²) in [5.41, 5.74) is -0.284. The average molecular weight is 481 g/mol. The molecule has 0 radical (unpaired) electrons. The number of nitrogens with one attached hydrogen (secondary N) is 1. The first-order valence-corrected chi connectivity index (χ1v) is 11.5. The Labute approximate surface area is 205 Å². The lowest BCUT2D eigenvalue weighted by atomic mass is 9.80. The highest BCUT2D eigenvalue weighted by molar-refractivity contribution is 6.22. The molecule has 1 N–H and O–H groups in total. The standard InChI is InChI=1S/C27H32N2O6/c1-26(2,3)35-25(33)28-16-15-27(4,5)21(24(32)34-17-18-11-7-6-8-12-18)29-22(30)19-13-9-10-14-20(19)23(29)31/h6-14,21H,15-17H2,1-5H3,(H,28,33)/t21-/m0/s1. The minimum absolute atomic E-state index is 0.00554. The van der Waals surface area contributed by atoms with Crippen molar-refractivity contribution in [3.05, 3.63) is 71.3 Å². The van der Waals surface area contributed by atoms with Crippen LogP contribution in [-0.4, -0.2) is 47.0 Å². The summed E-state index contributed by atoms with van der Waals surface area (Å²) < 4.78 is 10.8. The van der Waals surface area contributed by atoms with E-state index in [1.54, 1.807) is 58.9 Å². The fraction of sp³-hybridized carbons (Fsp3) is 0.407. The van der Waals surface area contributed by atoms with E-state index in [-0.39, 0.29) is 30.7 Å². The van der Waals surface area contributed by atoms with Crippen molar-refractivity contribution >= 4 is 23.9 Å². The van der Waals surface area contributed by atoms with Crippen molar-refractivity contribution in [1.29, 1.82) is 0 Å². The summed E-state index contributed by atoms with van der Waals surface area (Å²) in [6.07, 6.45) is -0.303. The highest BCUT2D eigenvalue weighted by atomic mass is 16.6. The molecule has 0 aliphatic carbocycles. The van der Waals surface area contributed by atoms with Gasteiger partial charge in [-0.2, -0.15) is 0 Å². The van der Waals surface area contributed by atoms with E-state index in [2.05, 4.69) is 5.32 Å². The number of carbonyl (C=O) groups excluding carboxylic acids is 4. The molecule has 186 valence electrons. The van der Waals surface area contributed by atoms with Crippen molar-refractivity contribution < 1.29 is 28.7 Å². The summed E-state index contributed by atoms with van der Waals surface area (Å²) in [5, 5.41) is 2.68. The molecule has 0 saturated carbocycles. The van der Waals surface area contributed by atoms with Crippen molar-refractivity contribution in [2.75, 3.05) is 6.54 Å². The van der Waals surface area contributed by atoms with Crippen LogP contribution in [0.4, 0.5) is 4.79 Å². The smallest absolute Gasteiger partial charge is 0.407 e. The van der Waals surface area contributed by atoms with Gasteiger partial charge in [0.1, 0.15) is 18.2 Å². The molecule has 2 aromatic rings. The normalized spacial score (nSPS) is 14.4. The highest BCUT2D eigenvalue weighted by Gasteiger charge is 2.49. The van der Waals surface area contributed by atoms with E-state index < -0.39 is 40.9 Å². The number of benzene rings is 2. The van der Waals surface area contributed by atoms with Crippen LogP contribution in [0, 0.1) is 5.41 Å². The number of amides is 3. The molecule has 0 spiro atoms. The summed E-state index contributed by atoms with van der Waals surface area (Å²) in [5.74, 6) is -1.77. The number of nitrogens with zero attached hydrogens (tertiary/aromatic N) is 1. The molecule has 8 nitrogen and oxygen atoms in total. The molecule has 2 aromatic carbocycles. The maximum atomic E-state index is 13.4. The molecular formula is C27H32N2O6. The number of alkyl carbamates (subject to hydrolysis) is 1. The second-order valence-electron chi connectivity index (χ2n) is 10.2. The van der Waals surface area contributed by atoms with Gasteiger partial charge >= 0.3 is 12.1 Å². The van der Waals surface area contributed by atoms with Crippen LogP contribution in [0.25, 0.3) is 0 Å². The molecule has 1 aliphatic rings. The molecule has 0 bridgehead atoms. The van der Waals surface area contributed by atoms with Gasteiger partial charge in [-0.15, -0.1) is 0 Å². The predicted octanol–water partition coefficient (Wildman–Crippen LogP) is 4.34. The van der Waals surface area contributed by atoms with E-state index in [1.807, 2.05) is 30.3 Å². The molecule has 1 aliphatic heterocycles. The maximum absolute atomic E-state index is 13.4. The van der Waals surface area contributed by atoms with E-state index in [9.17, 15) is 19.2 Å². The Hall–Kier alpha value is -3.68. The van der Waals surface area contributed by atoms with Crippen molar-refractivity contribution in [2.45, 2.75) is 59.3 Å². The Morgan fingerprint density at radius 1 is 0.886 bits per heavy atom. The van der Waals surface area contributed by atoms with Gasteiger partial charge in [-0.25, -0.2) is 9.59 Å².